The van der Waals surface area contributed by atoms with Crippen molar-refractivity contribution in [1.82, 2.24) is 10.6 Å². The number of aliphatic hydroxyl groups is 1. The fourth-order valence-corrected chi connectivity index (χ4v) is 1.96. The number of carbonyl (C=O) groups is 1. The normalized spacial score (nSPS) is 23.4. The number of hydrogen-bond donors (Lipinski definition) is 3. The van der Waals surface area contributed by atoms with E-state index in [1.54, 1.807) is 0 Å². The summed E-state index contributed by atoms with van der Waals surface area (Å²) in [5, 5.41) is 15.2. The third-order valence-corrected chi connectivity index (χ3v) is 2.86. The first-order chi connectivity index (χ1) is 8.74. The van der Waals surface area contributed by atoms with Gasteiger partial charge in [0.15, 0.2) is 0 Å². The zero-order valence-corrected chi connectivity index (χ0v) is 10.1. The standard InChI is InChI=1S/C13H18N2O3/c16-12-6-11(7-14-8-12)15-13(17)18-9-10-4-2-1-3-5-10/h1-5,11-12,14,16H,6-9H2,(H,15,17)/t11-,12+/m0/s1. The van der Waals surface area contributed by atoms with E-state index in [0.29, 0.717) is 19.5 Å². The second-order valence-electron chi connectivity index (χ2n) is 4.45. The highest BCUT2D eigenvalue weighted by Crippen LogP contribution is 2.04. The minimum Gasteiger partial charge on any atom is -0.445 e. The van der Waals surface area contributed by atoms with E-state index < -0.39 is 12.2 Å². The maximum atomic E-state index is 11.5. The van der Waals surface area contributed by atoms with Gasteiger partial charge in [0, 0.05) is 19.1 Å². The molecule has 1 aromatic rings. The fraction of sp³-hybridized carbons (Fsp3) is 0.462. The van der Waals surface area contributed by atoms with E-state index in [1.165, 1.54) is 0 Å². The van der Waals surface area contributed by atoms with Gasteiger partial charge in [-0.3, -0.25) is 0 Å². The summed E-state index contributed by atoms with van der Waals surface area (Å²) in [6, 6.07) is 9.45. The zero-order valence-electron chi connectivity index (χ0n) is 10.1. The molecule has 0 saturated carbocycles. The van der Waals surface area contributed by atoms with Crippen LogP contribution in [0.15, 0.2) is 30.3 Å². The van der Waals surface area contributed by atoms with Crippen molar-refractivity contribution in [1.29, 1.82) is 0 Å². The van der Waals surface area contributed by atoms with Gasteiger partial charge in [0.05, 0.1) is 6.10 Å². The van der Waals surface area contributed by atoms with Crippen LogP contribution in [0.2, 0.25) is 0 Å². The summed E-state index contributed by atoms with van der Waals surface area (Å²) in [5.74, 6) is 0. The van der Waals surface area contributed by atoms with Crippen molar-refractivity contribution in [2.24, 2.45) is 0 Å². The van der Waals surface area contributed by atoms with Crippen LogP contribution in [0.5, 0.6) is 0 Å². The fourth-order valence-electron chi connectivity index (χ4n) is 1.96. The minimum atomic E-state index is -0.445. The molecule has 1 amide bonds. The number of ether oxygens (including phenoxy) is 1. The van der Waals surface area contributed by atoms with Crippen molar-refractivity contribution < 1.29 is 14.6 Å². The van der Waals surface area contributed by atoms with Gasteiger partial charge < -0.3 is 20.5 Å². The summed E-state index contributed by atoms with van der Waals surface area (Å²) in [6.45, 7) is 1.50. The molecule has 18 heavy (non-hydrogen) atoms. The van der Waals surface area contributed by atoms with Gasteiger partial charge in [0.1, 0.15) is 6.61 Å². The highest BCUT2D eigenvalue weighted by Gasteiger charge is 2.21. The molecular weight excluding hydrogens is 232 g/mol. The molecule has 0 bridgehead atoms. The number of rotatable bonds is 3. The molecule has 0 unspecified atom stereocenters. The maximum Gasteiger partial charge on any atom is 0.407 e. The Hall–Kier alpha value is -1.59. The third-order valence-electron chi connectivity index (χ3n) is 2.86. The first kappa shape index (κ1) is 12.9. The molecule has 1 saturated heterocycles. The van der Waals surface area contributed by atoms with E-state index in [2.05, 4.69) is 10.6 Å². The van der Waals surface area contributed by atoms with Gasteiger partial charge in [-0.1, -0.05) is 30.3 Å². The monoisotopic (exact) mass is 250 g/mol. The quantitative estimate of drug-likeness (QED) is 0.736. The van der Waals surface area contributed by atoms with Crippen LogP contribution in [-0.2, 0) is 11.3 Å². The molecule has 5 heteroatoms. The number of alkyl carbamates (subject to hydrolysis) is 1. The molecule has 0 aliphatic carbocycles. The lowest BCUT2D eigenvalue weighted by molar-refractivity contribution is 0.108. The van der Waals surface area contributed by atoms with E-state index in [1.807, 2.05) is 30.3 Å². The molecule has 98 valence electrons. The summed E-state index contributed by atoms with van der Waals surface area (Å²) in [4.78, 5) is 11.5. The first-order valence-corrected chi connectivity index (χ1v) is 6.10. The Morgan fingerprint density at radius 1 is 1.39 bits per heavy atom. The average Bonchev–Trinajstić information content (AvgIpc) is 2.38. The van der Waals surface area contributed by atoms with Crippen LogP contribution in [0.25, 0.3) is 0 Å². The van der Waals surface area contributed by atoms with Crippen molar-refractivity contribution in [3.63, 3.8) is 0 Å². The molecule has 1 aliphatic rings. The Morgan fingerprint density at radius 3 is 2.89 bits per heavy atom. The van der Waals surface area contributed by atoms with Gasteiger partial charge in [-0.25, -0.2) is 4.79 Å². The molecule has 1 aliphatic heterocycles. The SMILES string of the molecule is O=C(N[C@@H]1CNC[C@H](O)C1)OCc1ccccc1. The number of carbonyl (C=O) groups excluding carboxylic acids is 1. The van der Waals surface area contributed by atoms with Crippen molar-refractivity contribution in [3.8, 4) is 0 Å². The van der Waals surface area contributed by atoms with Crippen molar-refractivity contribution >= 4 is 6.09 Å². The van der Waals surface area contributed by atoms with Crippen LogP contribution in [0.3, 0.4) is 0 Å². The zero-order chi connectivity index (χ0) is 12.8. The van der Waals surface area contributed by atoms with E-state index in [9.17, 15) is 9.90 Å². The van der Waals surface area contributed by atoms with E-state index >= 15 is 0 Å². The molecule has 0 aromatic heterocycles. The highest BCUT2D eigenvalue weighted by atomic mass is 16.5. The number of amides is 1. The van der Waals surface area contributed by atoms with E-state index in [0.717, 1.165) is 5.56 Å². The van der Waals surface area contributed by atoms with Gasteiger partial charge in [0.2, 0.25) is 0 Å². The number of β-amino-alcohol motifs (C(OH)–C–C–N with tert-alkyl or cyclic N) is 1. The lowest BCUT2D eigenvalue weighted by Gasteiger charge is -2.27. The maximum absolute atomic E-state index is 11.5. The highest BCUT2D eigenvalue weighted by molar-refractivity contribution is 5.67. The number of piperidine rings is 1. The van der Waals surface area contributed by atoms with Gasteiger partial charge >= 0.3 is 6.09 Å². The largest absolute Gasteiger partial charge is 0.445 e. The molecule has 1 aromatic carbocycles. The Kier molecular flexibility index (Phi) is 4.55. The Bertz CT molecular complexity index is 383. The Balaban J connectivity index is 1.72. The number of nitrogens with one attached hydrogen (secondary N) is 2. The average molecular weight is 250 g/mol. The molecule has 3 N–H and O–H groups in total. The molecule has 0 spiro atoms. The summed E-state index contributed by atoms with van der Waals surface area (Å²) >= 11 is 0. The minimum absolute atomic E-state index is 0.0722. The number of benzene rings is 1. The van der Waals surface area contributed by atoms with Crippen molar-refractivity contribution in [2.75, 3.05) is 13.1 Å². The predicted molar refractivity (Wildman–Crippen MR) is 67.0 cm³/mol. The summed E-state index contributed by atoms with van der Waals surface area (Å²) in [6.07, 6.45) is -0.286. The molecule has 1 heterocycles. The second kappa shape index (κ2) is 6.37. The van der Waals surface area contributed by atoms with Gasteiger partial charge in [-0.05, 0) is 12.0 Å². The molecule has 5 nitrogen and oxygen atoms in total. The van der Waals surface area contributed by atoms with Gasteiger partial charge in [-0.2, -0.15) is 0 Å². The van der Waals surface area contributed by atoms with Crippen LogP contribution >= 0.6 is 0 Å². The topological polar surface area (TPSA) is 70.6 Å². The summed E-state index contributed by atoms with van der Waals surface area (Å²) < 4.78 is 5.11. The van der Waals surface area contributed by atoms with Crippen LogP contribution in [0.1, 0.15) is 12.0 Å². The Morgan fingerprint density at radius 2 is 2.17 bits per heavy atom. The van der Waals surface area contributed by atoms with E-state index in [4.69, 9.17) is 4.74 Å². The molecule has 2 rings (SSSR count). The van der Waals surface area contributed by atoms with Crippen LogP contribution in [0, 0.1) is 0 Å². The molecule has 1 fully saturated rings. The van der Waals surface area contributed by atoms with Gasteiger partial charge in [0.25, 0.3) is 0 Å². The smallest absolute Gasteiger partial charge is 0.407 e. The predicted octanol–water partition coefficient (Wildman–Crippen LogP) is 0.636. The molecular formula is C13H18N2O3. The summed E-state index contributed by atoms with van der Waals surface area (Å²) in [7, 11) is 0. The third kappa shape index (κ3) is 4.01. The second-order valence-corrected chi connectivity index (χ2v) is 4.45. The Labute approximate surface area is 106 Å². The number of hydrogen-bond acceptors (Lipinski definition) is 4. The first-order valence-electron chi connectivity index (χ1n) is 6.10. The van der Waals surface area contributed by atoms with Crippen LogP contribution in [-0.4, -0.2) is 36.4 Å². The lowest BCUT2D eigenvalue weighted by atomic mass is 10.1. The number of aliphatic hydroxyl groups excluding tert-OH is 1. The molecule has 2 atom stereocenters. The summed E-state index contributed by atoms with van der Waals surface area (Å²) in [5.41, 5.74) is 0.953. The van der Waals surface area contributed by atoms with Crippen molar-refractivity contribution in [3.05, 3.63) is 35.9 Å². The van der Waals surface area contributed by atoms with E-state index in [-0.39, 0.29) is 12.6 Å². The molecule has 0 radical (unpaired) electrons. The van der Waals surface area contributed by atoms with Crippen LogP contribution in [0.4, 0.5) is 4.79 Å². The lowest BCUT2D eigenvalue weighted by Crippen LogP contribution is -2.50. The van der Waals surface area contributed by atoms with Crippen molar-refractivity contribution in [2.45, 2.75) is 25.2 Å². The van der Waals surface area contributed by atoms with Gasteiger partial charge in [-0.15, -0.1) is 0 Å². The van der Waals surface area contributed by atoms with Crippen LogP contribution < -0.4 is 10.6 Å².